The van der Waals surface area contributed by atoms with E-state index in [1.165, 1.54) is 14.2 Å². The quantitative estimate of drug-likeness (QED) is 0.522. The highest BCUT2D eigenvalue weighted by Gasteiger charge is 2.43. The van der Waals surface area contributed by atoms with E-state index in [1.807, 2.05) is 49.4 Å². The Labute approximate surface area is 210 Å². The van der Waals surface area contributed by atoms with Crippen LogP contribution in [0.25, 0.3) is 0 Å². The van der Waals surface area contributed by atoms with Gasteiger partial charge in [0.2, 0.25) is 5.91 Å². The van der Waals surface area contributed by atoms with Crippen molar-refractivity contribution in [2.24, 2.45) is 0 Å². The number of nitrogens with one attached hydrogen (secondary N) is 1. The fraction of sp³-hybridized carbons (Fsp3) is 0.286. The van der Waals surface area contributed by atoms with Crippen LogP contribution in [0.15, 0.2) is 54.6 Å². The highest BCUT2D eigenvalue weighted by Crippen LogP contribution is 2.46. The van der Waals surface area contributed by atoms with Crippen molar-refractivity contribution >= 4 is 17.5 Å². The van der Waals surface area contributed by atoms with Gasteiger partial charge in [-0.3, -0.25) is 9.59 Å². The molecule has 8 nitrogen and oxygen atoms in total. The Hall–Kier alpha value is -4.20. The topological polar surface area (TPSA) is 86.3 Å². The highest BCUT2D eigenvalue weighted by atomic mass is 16.5. The van der Waals surface area contributed by atoms with Crippen LogP contribution in [0, 0.1) is 6.92 Å². The lowest BCUT2D eigenvalue weighted by Crippen LogP contribution is -2.44. The van der Waals surface area contributed by atoms with Crippen molar-refractivity contribution in [2.45, 2.75) is 18.9 Å². The number of hydrogen-bond acceptors (Lipinski definition) is 6. The third-order valence-electron chi connectivity index (χ3n) is 6.53. The van der Waals surface area contributed by atoms with Gasteiger partial charge in [0.15, 0.2) is 11.5 Å². The van der Waals surface area contributed by atoms with E-state index in [4.69, 9.17) is 18.9 Å². The number of benzene rings is 3. The summed E-state index contributed by atoms with van der Waals surface area (Å²) in [5.74, 6) is 0.828. The summed E-state index contributed by atoms with van der Waals surface area (Å²) in [5, 5.41) is 3.04. The number of amides is 2. The van der Waals surface area contributed by atoms with Gasteiger partial charge in [0, 0.05) is 12.6 Å². The number of ether oxygens (including phenoxy) is 4. The zero-order valence-corrected chi connectivity index (χ0v) is 21.2. The molecule has 0 aromatic heterocycles. The summed E-state index contributed by atoms with van der Waals surface area (Å²) in [5.41, 5.74) is 3.26. The molecule has 2 atom stereocenters. The number of anilines is 1. The number of fused-ring (bicyclic) bond motifs is 1. The third kappa shape index (κ3) is 4.42. The molecule has 0 aliphatic carbocycles. The number of aryl methyl sites for hydroxylation is 1. The van der Waals surface area contributed by atoms with E-state index >= 15 is 0 Å². The van der Waals surface area contributed by atoms with Crippen molar-refractivity contribution in [3.8, 4) is 23.0 Å². The molecule has 188 valence electrons. The maximum Gasteiger partial charge on any atom is 0.254 e. The number of nitrogens with zero attached hydrogens (tertiary/aromatic N) is 1. The predicted octanol–water partition coefficient (Wildman–Crippen LogP) is 4.58. The lowest BCUT2D eigenvalue weighted by molar-refractivity contribution is -0.119. The molecule has 1 N–H and O–H groups in total. The SMILES string of the molecule is COc1ccc(C2C(C(=O)Nc3cc(C)ccc3OC)c3cc(OC)c(OC)cc3C(=O)N2C)cc1. The van der Waals surface area contributed by atoms with Crippen molar-refractivity contribution in [2.75, 3.05) is 40.8 Å². The summed E-state index contributed by atoms with van der Waals surface area (Å²) in [6, 6.07) is 15.7. The maximum absolute atomic E-state index is 14.0. The lowest BCUT2D eigenvalue weighted by Gasteiger charge is -2.40. The Morgan fingerprint density at radius 1 is 0.833 bits per heavy atom. The Bertz CT molecular complexity index is 1290. The minimum Gasteiger partial charge on any atom is -0.497 e. The van der Waals surface area contributed by atoms with Gasteiger partial charge in [-0.05, 0) is 60.0 Å². The van der Waals surface area contributed by atoms with Gasteiger partial charge in [-0.15, -0.1) is 0 Å². The summed E-state index contributed by atoms with van der Waals surface area (Å²) < 4.78 is 21.7. The Kier molecular flexibility index (Phi) is 7.05. The number of carbonyl (C=O) groups is 2. The van der Waals surface area contributed by atoms with E-state index in [0.29, 0.717) is 39.8 Å². The molecule has 0 radical (unpaired) electrons. The van der Waals surface area contributed by atoms with E-state index in [-0.39, 0.29) is 11.8 Å². The Morgan fingerprint density at radius 3 is 2.08 bits per heavy atom. The van der Waals surface area contributed by atoms with E-state index in [2.05, 4.69) is 5.32 Å². The molecule has 36 heavy (non-hydrogen) atoms. The molecule has 1 aliphatic rings. The summed E-state index contributed by atoms with van der Waals surface area (Å²) in [4.78, 5) is 29.1. The monoisotopic (exact) mass is 490 g/mol. The van der Waals surface area contributed by atoms with Crippen LogP contribution in [-0.2, 0) is 4.79 Å². The smallest absolute Gasteiger partial charge is 0.254 e. The molecule has 2 unspecified atom stereocenters. The van der Waals surface area contributed by atoms with Crippen molar-refractivity contribution in [3.05, 3.63) is 76.9 Å². The largest absolute Gasteiger partial charge is 0.497 e. The van der Waals surface area contributed by atoms with Gasteiger partial charge < -0.3 is 29.2 Å². The first-order chi connectivity index (χ1) is 17.3. The Morgan fingerprint density at radius 2 is 1.47 bits per heavy atom. The molecule has 0 saturated carbocycles. The van der Waals surface area contributed by atoms with Crippen molar-refractivity contribution in [1.29, 1.82) is 0 Å². The molecular formula is C28H30N2O6. The first-order valence-corrected chi connectivity index (χ1v) is 11.5. The van der Waals surface area contributed by atoms with Gasteiger partial charge in [-0.25, -0.2) is 0 Å². The van der Waals surface area contributed by atoms with Crippen LogP contribution in [0.5, 0.6) is 23.0 Å². The van der Waals surface area contributed by atoms with Gasteiger partial charge in [0.1, 0.15) is 11.5 Å². The van der Waals surface area contributed by atoms with E-state index in [9.17, 15) is 9.59 Å². The first kappa shape index (κ1) is 24.9. The lowest BCUT2D eigenvalue weighted by atomic mass is 9.79. The van der Waals surface area contributed by atoms with Crippen LogP contribution < -0.4 is 24.3 Å². The molecule has 1 aliphatic heterocycles. The third-order valence-corrected chi connectivity index (χ3v) is 6.53. The van der Waals surface area contributed by atoms with E-state index in [0.717, 1.165) is 11.1 Å². The van der Waals surface area contributed by atoms with Crippen LogP contribution in [0.3, 0.4) is 0 Å². The number of likely N-dealkylation sites (N-methyl/N-ethyl adjacent to an activating group) is 1. The fourth-order valence-corrected chi connectivity index (χ4v) is 4.68. The summed E-state index contributed by atoms with van der Waals surface area (Å²) in [6.07, 6.45) is 0. The zero-order valence-electron chi connectivity index (χ0n) is 21.2. The average Bonchev–Trinajstić information content (AvgIpc) is 2.90. The summed E-state index contributed by atoms with van der Waals surface area (Å²) in [7, 11) is 7.88. The van der Waals surface area contributed by atoms with Crippen LogP contribution in [0.4, 0.5) is 5.69 Å². The molecule has 8 heteroatoms. The second-order valence-electron chi connectivity index (χ2n) is 8.60. The van der Waals surface area contributed by atoms with Gasteiger partial charge in [-0.1, -0.05) is 18.2 Å². The molecule has 0 spiro atoms. The first-order valence-electron chi connectivity index (χ1n) is 11.5. The number of methoxy groups -OCH3 is 4. The standard InChI is InChI=1S/C28H30N2O6/c1-16-7-12-22(34-4)21(13-16)29-27(31)25-19-14-23(35-5)24(36-6)15-20(19)28(32)30(2)26(25)17-8-10-18(33-3)11-9-17/h7-15,25-26H,1-6H3,(H,29,31). The van der Waals surface area contributed by atoms with Crippen LogP contribution >= 0.6 is 0 Å². The van der Waals surface area contributed by atoms with Crippen LogP contribution in [-0.4, -0.2) is 52.2 Å². The molecule has 1 heterocycles. The molecule has 4 rings (SSSR count). The average molecular weight is 491 g/mol. The molecule has 0 bridgehead atoms. The van der Waals surface area contributed by atoms with E-state index < -0.39 is 12.0 Å². The van der Waals surface area contributed by atoms with Crippen LogP contribution in [0.1, 0.15) is 39.0 Å². The molecule has 3 aromatic rings. The zero-order chi connectivity index (χ0) is 26.0. The van der Waals surface area contributed by atoms with E-state index in [1.54, 1.807) is 38.3 Å². The predicted molar refractivity (Wildman–Crippen MR) is 136 cm³/mol. The van der Waals surface area contributed by atoms with Gasteiger partial charge >= 0.3 is 0 Å². The second kappa shape index (κ2) is 10.2. The van der Waals surface area contributed by atoms with Gasteiger partial charge in [0.05, 0.1) is 46.1 Å². The molecule has 3 aromatic carbocycles. The fourth-order valence-electron chi connectivity index (χ4n) is 4.68. The van der Waals surface area contributed by atoms with Crippen molar-refractivity contribution in [1.82, 2.24) is 4.90 Å². The molecule has 2 amide bonds. The maximum atomic E-state index is 14.0. The highest BCUT2D eigenvalue weighted by molar-refractivity contribution is 6.05. The van der Waals surface area contributed by atoms with Crippen LogP contribution in [0.2, 0.25) is 0 Å². The number of carbonyl (C=O) groups excluding carboxylic acids is 2. The molecular weight excluding hydrogens is 460 g/mol. The van der Waals surface area contributed by atoms with Crippen molar-refractivity contribution < 1.29 is 28.5 Å². The van der Waals surface area contributed by atoms with Gasteiger partial charge in [-0.2, -0.15) is 0 Å². The van der Waals surface area contributed by atoms with Crippen molar-refractivity contribution in [3.63, 3.8) is 0 Å². The minimum atomic E-state index is -0.749. The molecule has 0 saturated heterocycles. The number of hydrogen-bond donors (Lipinski definition) is 1. The summed E-state index contributed by atoms with van der Waals surface area (Å²) >= 11 is 0. The minimum absolute atomic E-state index is 0.219. The Balaban J connectivity index is 1.89. The number of rotatable bonds is 7. The normalized spacial score (nSPS) is 16.7. The second-order valence-corrected chi connectivity index (χ2v) is 8.60. The summed E-state index contributed by atoms with van der Waals surface area (Å²) in [6.45, 7) is 1.94. The molecule has 0 fully saturated rings. The van der Waals surface area contributed by atoms with Gasteiger partial charge in [0.25, 0.3) is 5.91 Å².